The zero-order chi connectivity index (χ0) is 24.3. The molecule has 1 aliphatic heterocycles. The Morgan fingerprint density at radius 1 is 1.26 bits per heavy atom. The van der Waals surface area contributed by atoms with E-state index >= 15 is 0 Å². The van der Waals surface area contributed by atoms with E-state index in [4.69, 9.17) is 4.74 Å². The maximum Gasteiger partial charge on any atom is 0.247 e. The number of aromatic nitrogens is 1. The van der Waals surface area contributed by atoms with Gasteiger partial charge in [0, 0.05) is 44.0 Å². The Hall–Kier alpha value is -2.26. The van der Waals surface area contributed by atoms with Gasteiger partial charge in [0.2, 0.25) is 10.0 Å². The third-order valence-electron chi connectivity index (χ3n) is 6.77. The molecule has 3 atom stereocenters. The van der Waals surface area contributed by atoms with Crippen LogP contribution in [0.1, 0.15) is 44.2 Å². The molecule has 0 fully saturated rings. The minimum absolute atomic E-state index is 0.0776. The highest BCUT2D eigenvalue weighted by Crippen LogP contribution is 2.37. The molecule has 2 heterocycles. The highest BCUT2D eigenvalue weighted by Gasteiger charge is 2.38. The molecule has 0 saturated carbocycles. The second-order valence-corrected chi connectivity index (χ2v) is 11.4. The fraction of sp³-hybridized carbons (Fsp3) is 0.500. The largest absolute Gasteiger partial charge is 0.487 e. The van der Waals surface area contributed by atoms with Crippen LogP contribution in [0.25, 0.3) is 5.57 Å². The van der Waals surface area contributed by atoms with Crippen LogP contribution < -0.4 is 4.74 Å². The number of fused-ring (bicyclic) bond motifs is 1. The Morgan fingerprint density at radius 2 is 2.03 bits per heavy atom. The molecule has 1 N–H and O–H groups in total. The number of sulfonamides is 1. The van der Waals surface area contributed by atoms with Crippen LogP contribution in [0.5, 0.6) is 5.75 Å². The van der Waals surface area contributed by atoms with Crippen LogP contribution in [0.2, 0.25) is 0 Å². The van der Waals surface area contributed by atoms with Gasteiger partial charge in [0.1, 0.15) is 16.7 Å². The lowest BCUT2D eigenvalue weighted by Gasteiger charge is -2.37. The van der Waals surface area contributed by atoms with Crippen molar-refractivity contribution >= 4 is 15.6 Å². The summed E-state index contributed by atoms with van der Waals surface area (Å²) in [5, 5.41) is 9.82. The molecule has 0 saturated heterocycles. The van der Waals surface area contributed by atoms with E-state index in [1.807, 2.05) is 38.2 Å². The van der Waals surface area contributed by atoms with Crippen LogP contribution >= 0.6 is 0 Å². The zero-order valence-electron chi connectivity index (χ0n) is 20.2. The monoisotopic (exact) mass is 485 g/mol. The standard InChI is InChI=1S/C26H35N3O4S/c1-19-15-29(20(2)18-30)34(31,32)26-9-8-23(22-6-4-5-7-22)14-24(26)33-25(19)17-28(3)16-21-10-12-27-13-11-21/h6,8-14,19-20,25,30H,4-5,7,15-18H2,1-3H3/t19-,20?,25+/m0/s1. The maximum absolute atomic E-state index is 13.6. The van der Waals surface area contributed by atoms with E-state index in [2.05, 4.69) is 16.0 Å². The SMILES string of the molecule is CC(CO)N1C[C@H](C)[C@@H](CN(C)Cc2ccncc2)Oc2cc(C3=CCCC3)ccc2S1(=O)=O. The van der Waals surface area contributed by atoms with Crippen LogP contribution in [0.4, 0.5) is 0 Å². The van der Waals surface area contributed by atoms with E-state index in [0.717, 1.165) is 36.9 Å². The number of rotatable bonds is 7. The lowest BCUT2D eigenvalue weighted by Crippen LogP contribution is -2.49. The quantitative estimate of drug-likeness (QED) is 0.646. The first kappa shape index (κ1) is 24.9. The molecule has 7 nitrogen and oxygen atoms in total. The Morgan fingerprint density at radius 3 is 2.71 bits per heavy atom. The normalized spacial score (nSPS) is 23.5. The number of likely N-dealkylation sites (N-methyl/N-ethyl adjacent to an activating group) is 1. The number of hydrogen-bond acceptors (Lipinski definition) is 6. The summed E-state index contributed by atoms with van der Waals surface area (Å²) in [6.07, 6.45) is 8.73. The Kier molecular flexibility index (Phi) is 7.72. The third kappa shape index (κ3) is 5.35. The molecule has 0 amide bonds. The van der Waals surface area contributed by atoms with Gasteiger partial charge in [-0.05, 0) is 74.2 Å². The van der Waals surface area contributed by atoms with Gasteiger partial charge >= 0.3 is 0 Å². The maximum atomic E-state index is 13.6. The van der Waals surface area contributed by atoms with E-state index in [1.54, 1.807) is 25.4 Å². The summed E-state index contributed by atoms with van der Waals surface area (Å²) < 4.78 is 35.2. The first-order valence-electron chi connectivity index (χ1n) is 12.0. The number of allylic oxidation sites excluding steroid dienone is 2. The lowest BCUT2D eigenvalue weighted by molar-refractivity contribution is 0.0733. The highest BCUT2D eigenvalue weighted by atomic mass is 32.2. The molecule has 1 aromatic carbocycles. The summed E-state index contributed by atoms with van der Waals surface area (Å²) in [5.74, 6) is 0.320. The van der Waals surface area contributed by atoms with Crippen LogP contribution in [0.15, 0.2) is 53.7 Å². The van der Waals surface area contributed by atoms with Gasteiger partial charge in [0.15, 0.2) is 0 Å². The second kappa shape index (κ2) is 10.6. The first-order valence-corrected chi connectivity index (χ1v) is 13.4. The summed E-state index contributed by atoms with van der Waals surface area (Å²) in [6, 6.07) is 8.91. The van der Waals surface area contributed by atoms with Gasteiger partial charge in [-0.2, -0.15) is 4.31 Å². The number of aliphatic hydroxyl groups excluding tert-OH is 1. The molecule has 4 rings (SSSR count). The summed E-state index contributed by atoms with van der Waals surface area (Å²) in [7, 11) is -1.78. The fourth-order valence-corrected chi connectivity index (χ4v) is 6.57. The Bertz CT molecular complexity index is 1120. The minimum atomic E-state index is -3.82. The third-order valence-corrected chi connectivity index (χ3v) is 8.79. The Labute approximate surface area is 203 Å². The molecule has 1 unspecified atom stereocenters. The van der Waals surface area contributed by atoms with E-state index in [-0.39, 0.29) is 30.1 Å². The van der Waals surface area contributed by atoms with Crippen molar-refractivity contribution in [3.8, 4) is 5.75 Å². The van der Waals surface area contributed by atoms with Crippen LogP contribution in [0, 0.1) is 5.92 Å². The van der Waals surface area contributed by atoms with Crippen molar-refractivity contribution in [3.05, 3.63) is 59.9 Å². The number of aliphatic hydroxyl groups is 1. The summed E-state index contributed by atoms with van der Waals surface area (Å²) >= 11 is 0. The van der Waals surface area contributed by atoms with Crippen molar-refractivity contribution in [2.75, 3.05) is 26.7 Å². The van der Waals surface area contributed by atoms with Crippen LogP contribution in [-0.4, -0.2) is 66.6 Å². The average molecular weight is 486 g/mol. The predicted molar refractivity (Wildman–Crippen MR) is 133 cm³/mol. The molecular weight excluding hydrogens is 450 g/mol. The average Bonchev–Trinajstić information content (AvgIpc) is 3.36. The number of benzene rings is 1. The Balaban J connectivity index is 1.69. The molecule has 1 aromatic heterocycles. The van der Waals surface area contributed by atoms with E-state index in [1.165, 1.54) is 9.88 Å². The smallest absolute Gasteiger partial charge is 0.247 e. The number of pyridine rings is 1. The van der Waals surface area contributed by atoms with Gasteiger partial charge in [0.25, 0.3) is 0 Å². The molecule has 0 spiro atoms. The van der Waals surface area contributed by atoms with E-state index in [9.17, 15) is 13.5 Å². The van der Waals surface area contributed by atoms with E-state index < -0.39 is 16.1 Å². The van der Waals surface area contributed by atoms with E-state index in [0.29, 0.717) is 12.3 Å². The molecule has 184 valence electrons. The van der Waals surface area contributed by atoms with Crippen molar-refractivity contribution < 1.29 is 18.3 Å². The molecule has 0 bridgehead atoms. The fourth-order valence-electron chi connectivity index (χ4n) is 4.75. The van der Waals surface area contributed by atoms with Crippen molar-refractivity contribution in [3.63, 3.8) is 0 Å². The van der Waals surface area contributed by atoms with Crippen LogP contribution in [0.3, 0.4) is 0 Å². The van der Waals surface area contributed by atoms with Crippen molar-refractivity contribution in [1.82, 2.24) is 14.2 Å². The highest BCUT2D eigenvalue weighted by molar-refractivity contribution is 7.89. The molecule has 8 heteroatoms. The second-order valence-electron chi connectivity index (χ2n) is 9.58. The minimum Gasteiger partial charge on any atom is -0.487 e. The summed E-state index contributed by atoms with van der Waals surface area (Å²) in [6.45, 7) is 5.19. The van der Waals surface area contributed by atoms with Crippen molar-refractivity contribution in [2.45, 2.75) is 56.7 Å². The van der Waals surface area contributed by atoms with Gasteiger partial charge < -0.3 is 9.84 Å². The van der Waals surface area contributed by atoms with Crippen LogP contribution in [-0.2, 0) is 16.6 Å². The van der Waals surface area contributed by atoms with Gasteiger partial charge in [-0.25, -0.2) is 8.42 Å². The molecule has 2 aromatic rings. The molecule has 2 aliphatic rings. The van der Waals surface area contributed by atoms with Crippen molar-refractivity contribution in [1.29, 1.82) is 0 Å². The van der Waals surface area contributed by atoms with Gasteiger partial charge in [-0.3, -0.25) is 9.88 Å². The zero-order valence-corrected chi connectivity index (χ0v) is 21.0. The topological polar surface area (TPSA) is 83.0 Å². The summed E-state index contributed by atoms with van der Waals surface area (Å²) in [4.78, 5) is 6.45. The molecule has 1 aliphatic carbocycles. The predicted octanol–water partition coefficient (Wildman–Crippen LogP) is 3.55. The first-order chi connectivity index (χ1) is 16.3. The number of nitrogens with zero attached hydrogens (tertiary/aromatic N) is 3. The van der Waals surface area contributed by atoms with Gasteiger partial charge in [-0.1, -0.05) is 19.1 Å². The number of hydrogen-bond donors (Lipinski definition) is 1. The number of ether oxygens (including phenoxy) is 1. The van der Waals surface area contributed by atoms with Gasteiger partial charge in [-0.15, -0.1) is 0 Å². The van der Waals surface area contributed by atoms with Gasteiger partial charge in [0.05, 0.1) is 6.61 Å². The molecular formula is C26H35N3O4S. The summed E-state index contributed by atoms with van der Waals surface area (Å²) in [5.41, 5.74) is 3.42. The molecule has 34 heavy (non-hydrogen) atoms. The molecule has 0 radical (unpaired) electrons. The lowest BCUT2D eigenvalue weighted by atomic mass is 10.0. The van der Waals surface area contributed by atoms with Crippen molar-refractivity contribution in [2.24, 2.45) is 5.92 Å².